The van der Waals surface area contributed by atoms with Crippen molar-refractivity contribution in [2.75, 3.05) is 55.8 Å². The smallest absolute Gasteiger partial charge is 0.296 e. The van der Waals surface area contributed by atoms with Gasteiger partial charge in [-0.25, -0.2) is 13.8 Å². The molecule has 5 rings (SSSR count). The van der Waals surface area contributed by atoms with Gasteiger partial charge in [0.25, 0.3) is 6.43 Å². The molecule has 13 heteroatoms. The first-order valence-corrected chi connectivity index (χ1v) is 11.3. The van der Waals surface area contributed by atoms with E-state index in [0.717, 1.165) is 0 Å². The van der Waals surface area contributed by atoms with Gasteiger partial charge < -0.3 is 24.4 Å². The molecule has 0 aliphatic carbocycles. The number of fused-ring (bicyclic) bond motifs is 1. The lowest BCUT2D eigenvalue weighted by atomic mass is 10.1. The SMILES string of the molecule is CC1(C)CN(c2nc(N3CCOCC3)nc(-n3c(C(F)F)nc4c(Cl)c(O)ccc43)n2)CCO1. The largest absolute Gasteiger partial charge is 0.506 e. The van der Waals surface area contributed by atoms with Gasteiger partial charge in [-0.05, 0) is 26.0 Å². The molecule has 2 fully saturated rings. The van der Waals surface area contributed by atoms with Crippen molar-refractivity contribution in [3.05, 3.63) is 23.0 Å². The summed E-state index contributed by atoms with van der Waals surface area (Å²) in [6.07, 6.45) is -2.93. The van der Waals surface area contributed by atoms with E-state index in [4.69, 9.17) is 21.1 Å². The molecule has 2 aliphatic heterocycles. The van der Waals surface area contributed by atoms with Crippen LogP contribution < -0.4 is 9.80 Å². The number of hydrogen-bond donors (Lipinski definition) is 1. The van der Waals surface area contributed by atoms with Crippen LogP contribution in [0, 0.1) is 0 Å². The molecular formula is C21H24ClF2N7O3. The monoisotopic (exact) mass is 495 g/mol. The number of halogens is 3. The van der Waals surface area contributed by atoms with Crippen molar-refractivity contribution in [1.29, 1.82) is 0 Å². The number of rotatable bonds is 4. The van der Waals surface area contributed by atoms with Gasteiger partial charge >= 0.3 is 0 Å². The van der Waals surface area contributed by atoms with Gasteiger partial charge in [-0.2, -0.15) is 15.0 Å². The summed E-state index contributed by atoms with van der Waals surface area (Å²) >= 11 is 6.17. The molecule has 34 heavy (non-hydrogen) atoms. The molecule has 0 atom stereocenters. The predicted molar refractivity (Wildman–Crippen MR) is 121 cm³/mol. The standard InChI is InChI=1S/C21H24ClF2N7O3/c1-21(2)11-30(7-10-34-21)19-26-18(29-5-8-33-9-6-29)27-20(28-19)31-12-3-4-13(32)14(22)15(12)25-17(31)16(23)24/h3-4,16,32H,5-11H2,1-2H3. The van der Waals surface area contributed by atoms with Gasteiger partial charge in [0, 0.05) is 26.2 Å². The van der Waals surface area contributed by atoms with Crippen molar-refractivity contribution in [1.82, 2.24) is 24.5 Å². The third-order valence-corrected chi connectivity index (χ3v) is 6.14. The molecule has 2 aliphatic rings. The average Bonchev–Trinajstić information content (AvgIpc) is 3.22. The molecule has 3 aromatic rings. The molecule has 0 amide bonds. The number of alkyl halides is 2. The molecule has 0 saturated carbocycles. The Bertz CT molecular complexity index is 1220. The van der Waals surface area contributed by atoms with Crippen LogP contribution in [-0.4, -0.2) is 81.2 Å². The van der Waals surface area contributed by atoms with Crippen LogP contribution in [0.1, 0.15) is 26.1 Å². The number of aromatic hydroxyl groups is 1. The summed E-state index contributed by atoms with van der Waals surface area (Å²) in [7, 11) is 0. The number of morpholine rings is 2. The molecule has 4 heterocycles. The minimum absolute atomic E-state index is 0.00431. The zero-order valence-electron chi connectivity index (χ0n) is 18.7. The van der Waals surface area contributed by atoms with Crippen molar-refractivity contribution in [2.45, 2.75) is 25.9 Å². The van der Waals surface area contributed by atoms with Crippen molar-refractivity contribution in [3.63, 3.8) is 0 Å². The summed E-state index contributed by atoms with van der Waals surface area (Å²) in [5.74, 6) is -0.111. The summed E-state index contributed by atoms with van der Waals surface area (Å²) < 4.78 is 40.6. The maximum Gasteiger partial charge on any atom is 0.296 e. The van der Waals surface area contributed by atoms with E-state index in [0.29, 0.717) is 57.9 Å². The van der Waals surface area contributed by atoms with Crippen molar-refractivity contribution in [2.24, 2.45) is 0 Å². The molecule has 182 valence electrons. The zero-order valence-corrected chi connectivity index (χ0v) is 19.5. The normalized spacial score (nSPS) is 18.8. The van der Waals surface area contributed by atoms with E-state index in [1.54, 1.807) is 0 Å². The van der Waals surface area contributed by atoms with Crippen LogP contribution in [0.2, 0.25) is 5.02 Å². The highest BCUT2D eigenvalue weighted by Crippen LogP contribution is 2.35. The third kappa shape index (κ3) is 4.21. The Morgan fingerprint density at radius 1 is 0.971 bits per heavy atom. The van der Waals surface area contributed by atoms with E-state index in [9.17, 15) is 13.9 Å². The maximum absolute atomic E-state index is 14.1. The first-order valence-electron chi connectivity index (χ1n) is 10.9. The predicted octanol–water partition coefficient (Wildman–Crippen LogP) is 2.96. The van der Waals surface area contributed by atoms with Gasteiger partial charge in [-0.1, -0.05) is 11.6 Å². The second kappa shape index (κ2) is 8.75. The van der Waals surface area contributed by atoms with Crippen LogP contribution >= 0.6 is 11.6 Å². The molecule has 0 spiro atoms. The number of hydrogen-bond acceptors (Lipinski definition) is 9. The van der Waals surface area contributed by atoms with Crippen molar-refractivity contribution < 1.29 is 23.4 Å². The summed E-state index contributed by atoms with van der Waals surface area (Å²) in [6.45, 7) is 7.61. The quantitative estimate of drug-likeness (QED) is 0.585. The number of anilines is 2. The summed E-state index contributed by atoms with van der Waals surface area (Å²) in [5, 5.41) is 9.84. The van der Waals surface area contributed by atoms with Gasteiger partial charge in [-0.15, -0.1) is 0 Å². The highest BCUT2D eigenvalue weighted by atomic mass is 35.5. The second-order valence-electron chi connectivity index (χ2n) is 8.74. The van der Waals surface area contributed by atoms with Crippen LogP contribution in [-0.2, 0) is 9.47 Å². The van der Waals surface area contributed by atoms with E-state index >= 15 is 0 Å². The number of benzene rings is 1. The number of nitrogens with zero attached hydrogens (tertiary/aromatic N) is 7. The van der Waals surface area contributed by atoms with Crippen LogP contribution in [0.4, 0.5) is 20.7 Å². The lowest BCUT2D eigenvalue weighted by Crippen LogP contribution is -2.49. The molecule has 1 aromatic carbocycles. The molecule has 0 bridgehead atoms. The van der Waals surface area contributed by atoms with Gasteiger partial charge in [0.15, 0.2) is 5.82 Å². The Hall–Kier alpha value is -2.83. The topological polar surface area (TPSA) is 102 Å². The Morgan fingerprint density at radius 2 is 1.62 bits per heavy atom. The highest BCUT2D eigenvalue weighted by Gasteiger charge is 2.31. The van der Waals surface area contributed by atoms with Gasteiger partial charge in [-0.3, -0.25) is 4.57 Å². The van der Waals surface area contributed by atoms with Crippen LogP contribution in [0.25, 0.3) is 17.0 Å². The van der Waals surface area contributed by atoms with E-state index in [1.165, 1.54) is 16.7 Å². The Labute approximate surface area is 199 Å². The van der Waals surface area contributed by atoms with Crippen LogP contribution in [0.5, 0.6) is 5.75 Å². The molecule has 0 radical (unpaired) electrons. The second-order valence-corrected chi connectivity index (χ2v) is 9.12. The number of ether oxygens (including phenoxy) is 2. The van der Waals surface area contributed by atoms with E-state index in [1.807, 2.05) is 23.6 Å². The number of imidazole rings is 1. The molecule has 2 saturated heterocycles. The average molecular weight is 496 g/mol. The number of aromatic nitrogens is 5. The summed E-state index contributed by atoms with van der Waals surface area (Å²) in [4.78, 5) is 21.7. The van der Waals surface area contributed by atoms with Crippen LogP contribution in [0.3, 0.4) is 0 Å². The van der Waals surface area contributed by atoms with Gasteiger partial charge in [0.05, 0.1) is 30.9 Å². The fraction of sp³-hybridized carbons (Fsp3) is 0.524. The van der Waals surface area contributed by atoms with E-state index < -0.39 is 17.9 Å². The molecular weight excluding hydrogens is 472 g/mol. The van der Waals surface area contributed by atoms with Crippen LogP contribution in [0.15, 0.2) is 12.1 Å². The van der Waals surface area contributed by atoms with Gasteiger partial charge in [0.1, 0.15) is 16.3 Å². The van der Waals surface area contributed by atoms with E-state index in [-0.39, 0.29) is 27.8 Å². The minimum atomic E-state index is -2.93. The molecule has 2 aromatic heterocycles. The fourth-order valence-electron chi connectivity index (χ4n) is 4.15. The third-order valence-electron chi connectivity index (χ3n) is 5.77. The lowest BCUT2D eigenvalue weighted by Gasteiger charge is -2.38. The summed E-state index contributed by atoms with van der Waals surface area (Å²) in [6, 6.07) is 2.79. The first-order chi connectivity index (χ1) is 16.2. The Morgan fingerprint density at radius 3 is 2.29 bits per heavy atom. The number of phenols is 1. The highest BCUT2D eigenvalue weighted by molar-refractivity contribution is 6.36. The van der Waals surface area contributed by atoms with Crippen molar-refractivity contribution in [3.8, 4) is 11.7 Å². The fourth-order valence-corrected chi connectivity index (χ4v) is 4.35. The molecule has 1 N–H and O–H groups in total. The molecule has 0 unspecified atom stereocenters. The minimum Gasteiger partial charge on any atom is -0.506 e. The number of phenolic OH excluding ortho intramolecular Hbond substituents is 1. The molecule has 10 nitrogen and oxygen atoms in total. The first kappa shape index (κ1) is 22.9. The van der Waals surface area contributed by atoms with Crippen molar-refractivity contribution >= 4 is 34.5 Å². The lowest BCUT2D eigenvalue weighted by molar-refractivity contribution is -0.0281. The Kier molecular flexibility index (Phi) is 5.90. The zero-order chi connectivity index (χ0) is 24.0. The maximum atomic E-state index is 14.1. The Balaban J connectivity index is 1.70. The van der Waals surface area contributed by atoms with Gasteiger partial charge in [0.2, 0.25) is 17.8 Å². The van der Waals surface area contributed by atoms with E-state index in [2.05, 4.69) is 19.9 Å². The summed E-state index contributed by atoms with van der Waals surface area (Å²) in [5.41, 5.74) is -0.129.